The van der Waals surface area contributed by atoms with E-state index in [1.165, 1.54) is 21.8 Å². The van der Waals surface area contributed by atoms with E-state index in [4.69, 9.17) is 9.47 Å². The average Bonchev–Trinajstić information content (AvgIpc) is 2.80. The topological polar surface area (TPSA) is 23.4 Å². The van der Waals surface area contributed by atoms with Gasteiger partial charge < -0.3 is 14.0 Å². The van der Waals surface area contributed by atoms with Crippen LogP contribution in [0.1, 0.15) is 0 Å². The van der Waals surface area contributed by atoms with Gasteiger partial charge in [-0.25, -0.2) is 0 Å². The monoisotopic (exact) mass is 425 g/mol. The Morgan fingerprint density at radius 2 is 1.45 bits per heavy atom. The summed E-state index contributed by atoms with van der Waals surface area (Å²) in [6.45, 7) is 2.76. The van der Waals surface area contributed by atoms with Crippen molar-refractivity contribution in [1.29, 1.82) is 0 Å². The van der Waals surface area contributed by atoms with E-state index in [2.05, 4.69) is 72.8 Å². The molecule has 0 fully saturated rings. The molecular formula is C17H17Br2NO2. The van der Waals surface area contributed by atoms with Crippen molar-refractivity contribution in [2.75, 3.05) is 26.9 Å². The van der Waals surface area contributed by atoms with Gasteiger partial charge in [0.05, 0.1) is 19.8 Å². The first-order chi connectivity index (χ1) is 10.7. The van der Waals surface area contributed by atoms with Gasteiger partial charge in [-0.05, 0) is 36.4 Å². The zero-order valence-corrected chi connectivity index (χ0v) is 15.5. The second kappa shape index (κ2) is 7.13. The molecule has 22 heavy (non-hydrogen) atoms. The summed E-state index contributed by atoms with van der Waals surface area (Å²) < 4.78 is 15.1. The lowest BCUT2D eigenvalue weighted by atomic mass is 10.2. The fourth-order valence-electron chi connectivity index (χ4n) is 2.69. The maximum atomic E-state index is 5.63. The maximum absolute atomic E-state index is 5.63. The zero-order valence-electron chi connectivity index (χ0n) is 12.3. The first kappa shape index (κ1) is 16.0. The molecule has 0 atom stereocenters. The van der Waals surface area contributed by atoms with Crippen molar-refractivity contribution < 1.29 is 9.47 Å². The Hall–Kier alpha value is -0.880. The Morgan fingerprint density at radius 3 is 2.00 bits per heavy atom. The fourth-order valence-corrected chi connectivity index (χ4v) is 3.41. The van der Waals surface area contributed by atoms with Crippen LogP contribution in [0.3, 0.4) is 0 Å². The summed E-state index contributed by atoms with van der Waals surface area (Å²) in [5.74, 6) is 0. The van der Waals surface area contributed by atoms with Crippen LogP contribution >= 0.6 is 31.9 Å². The molecule has 3 aromatic rings. The number of ether oxygens (including phenoxy) is 2. The third kappa shape index (κ3) is 3.23. The van der Waals surface area contributed by atoms with Crippen LogP contribution < -0.4 is 0 Å². The summed E-state index contributed by atoms with van der Waals surface area (Å²) in [4.78, 5) is 0. The van der Waals surface area contributed by atoms with Gasteiger partial charge in [0.15, 0.2) is 0 Å². The van der Waals surface area contributed by atoms with E-state index in [0.717, 1.165) is 15.5 Å². The van der Waals surface area contributed by atoms with Gasteiger partial charge in [-0.1, -0.05) is 31.9 Å². The van der Waals surface area contributed by atoms with Crippen molar-refractivity contribution in [2.24, 2.45) is 0 Å². The van der Waals surface area contributed by atoms with Gasteiger partial charge in [0.1, 0.15) is 0 Å². The number of methoxy groups -OCH3 is 1. The van der Waals surface area contributed by atoms with Crippen molar-refractivity contribution in [3.63, 3.8) is 0 Å². The number of halogens is 2. The van der Waals surface area contributed by atoms with Gasteiger partial charge in [-0.15, -0.1) is 0 Å². The molecule has 1 heterocycles. The molecule has 0 amide bonds. The molecule has 0 radical (unpaired) electrons. The minimum absolute atomic E-state index is 0.630. The molecule has 0 saturated heterocycles. The third-order valence-electron chi connectivity index (χ3n) is 3.68. The minimum atomic E-state index is 0.630. The maximum Gasteiger partial charge on any atom is 0.0701 e. The first-order valence-electron chi connectivity index (χ1n) is 7.14. The second-order valence-electron chi connectivity index (χ2n) is 5.08. The SMILES string of the molecule is COCCOCCn1c2ccc(Br)cc2c2cc(Br)ccc21. The van der Waals surface area contributed by atoms with E-state index in [-0.39, 0.29) is 0 Å². The van der Waals surface area contributed by atoms with Crippen molar-refractivity contribution >= 4 is 53.7 Å². The number of hydrogen-bond acceptors (Lipinski definition) is 2. The Bertz CT molecular complexity index is 739. The van der Waals surface area contributed by atoms with Gasteiger partial charge in [-0.3, -0.25) is 0 Å². The van der Waals surface area contributed by atoms with Gasteiger partial charge in [0, 0.05) is 44.4 Å². The van der Waals surface area contributed by atoms with E-state index >= 15 is 0 Å². The highest BCUT2D eigenvalue weighted by Gasteiger charge is 2.11. The highest BCUT2D eigenvalue weighted by atomic mass is 79.9. The third-order valence-corrected chi connectivity index (χ3v) is 4.67. The van der Waals surface area contributed by atoms with Crippen molar-refractivity contribution in [1.82, 2.24) is 4.57 Å². The summed E-state index contributed by atoms with van der Waals surface area (Å²) in [5, 5.41) is 2.50. The molecule has 116 valence electrons. The summed E-state index contributed by atoms with van der Waals surface area (Å²) in [5.41, 5.74) is 2.46. The van der Waals surface area contributed by atoms with Crippen LogP contribution in [0.25, 0.3) is 21.8 Å². The molecule has 3 nitrogen and oxygen atoms in total. The largest absolute Gasteiger partial charge is 0.382 e. The number of fused-ring (bicyclic) bond motifs is 3. The average molecular weight is 427 g/mol. The predicted octanol–water partition coefficient (Wildman–Crippen LogP) is 4.98. The van der Waals surface area contributed by atoms with Crippen LogP contribution in [0.2, 0.25) is 0 Å². The molecule has 0 unspecified atom stereocenters. The smallest absolute Gasteiger partial charge is 0.0701 e. The van der Waals surface area contributed by atoms with Crippen molar-refractivity contribution in [2.45, 2.75) is 6.54 Å². The van der Waals surface area contributed by atoms with E-state index in [1.54, 1.807) is 7.11 Å². The van der Waals surface area contributed by atoms with E-state index in [9.17, 15) is 0 Å². The van der Waals surface area contributed by atoms with Crippen LogP contribution in [0.4, 0.5) is 0 Å². The molecular weight excluding hydrogens is 410 g/mol. The molecule has 0 saturated carbocycles. The van der Waals surface area contributed by atoms with Gasteiger partial charge in [0.2, 0.25) is 0 Å². The van der Waals surface area contributed by atoms with E-state index < -0.39 is 0 Å². The molecule has 0 spiro atoms. The Morgan fingerprint density at radius 1 is 0.864 bits per heavy atom. The molecule has 2 aromatic carbocycles. The lowest BCUT2D eigenvalue weighted by molar-refractivity contribution is 0.0673. The summed E-state index contributed by atoms with van der Waals surface area (Å²) in [7, 11) is 1.69. The highest BCUT2D eigenvalue weighted by Crippen LogP contribution is 2.32. The first-order valence-corrected chi connectivity index (χ1v) is 8.73. The number of rotatable bonds is 6. The van der Waals surface area contributed by atoms with Crippen molar-refractivity contribution in [3.8, 4) is 0 Å². The number of nitrogens with zero attached hydrogens (tertiary/aromatic N) is 1. The van der Waals surface area contributed by atoms with Crippen LogP contribution in [0.5, 0.6) is 0 Å². The van der Waals surface area contributed by atoms with E-state index in [1.807, 2.05) is 0 Å². The standard InChI is InChI=1S/C17H17Br2NO2/c1-21-8-9-22-7-6-20-16-4-2-12(18)10-14(16)15-11-13(19)3-5-17(15)20/h2-5,10-11H,6-9H2,1H3. The van der Waals surface area contributed by atoms with Gasteiger partial charge in [-0.2, -0.15) is 0 Å². The molecule has 0 aliphatic rings. The number of hydrogen-bond donors (Lipinski definition) is 0. The second-order valence-corrected chi connectivity index (χ2v) is 6.91. The van der Waals surface area contributed by atoms with Crippen LogP contribution in [0, 0.1) is 0 Å². The molecule has 0 aliphatic heterocycles. The summed E-state index contributed by atoms with van der Waals surface area (Å²) >= 11 is 7.13. The highest BCUT2D eigenvalue weighted by molar-refractivity contribution is 9.10. The normalized spacial score (nSPS) is 11.6. The number of benzene rings is 2. The van der Waals surface area contributed by atoms with Crippen LogP contribution in [-0.2, 0) is 16.0 Å². The molecule has 0 aliphatic carbocycles. The Labute approximate surface area is 146 Å². The minimum Gasteiger partial charge on any atom is -0.382 e. The molecule has 0 N–H and O–H groups in total. The number of aromatic nitrogens is 1. The molecule has 1 aromatic heterocycles. The predicted molar refractivity (Wildman–Crippen MR) is 97.5 cm³/mol. The summed E-state index contributed by atoms with van der Waals surface area (Å²) in [6, 6.07) is 12.8. The van der Waals surface area contributed by atoms with E-state index in [0.29, 0.717) is 19.8 Å². The fraction of sp³-hybridized carbons (Fsp3) is 0.294. The van der Waals surface area contributed by atoms with Gasteiger partial charge in [0.25, 0.3) is 0 Å². The van der Waals surface area contributed by atoms with Crippen molar-refractivity contribution in [3.05, 3.63) is 45.3 Å². The van der Waals surface area contributed by atoms with Crippen LogP contribution in [0.15, 0.2) is 45.3 Å². The lowest BCUT2D eigenvalue weighted by Gasteiger charge is -2.08. The van der Waals surface area contributed by atoms with Crippen LogP contribution in [-0.4, -0.2) is 31.5 Å². The Balaban J connectivity index is 1.99. The quantitative estimate of drug-likeness (QED) is 0.518. The Kier molecular flexibility index (Phi) is 5.18. The zero-order chi connectivity index (χ0) is 15.5. The van der Waals surface area contributed by atoms with Gasteiger partial charge >= 0.3 is 0 Å². The molecule has 5 heteroatoms. The lowest BCUT2D eigenvalue weighted by Crippen LogP contribution is -2.09. The summed E-state index contributed by atoms with van der Waals surface area (Å²) in [6.07, 6.45) is 0. The molecule has 3 rings (SSSR count). The molecule has 0 bridgehead atoms.